The molecule has 1 aromatic rings. The second kappa shape index (κ2) is 7.81. The van der Waals surface area contributed by atoms with Crippen LogP contribution in [0.2, 0.25) is 0 Å². The second-order valence-corrected chi connectivity index (χ2v) is 9.83. The Kier molecular flexibility index (Phi) is 5.83. The van der Waals surface area contributed by atoms with Crippen LogP contribution in [-0.2, 0) is 26.0 Å². The maximum absolute atomic E-state index is 13.2. The molecule has 1 fully saturated rings. The minimum atomic E-state index is -3.79. The highest BCUT2D eigenvalue weighted by Gasteiger charge is 2.40. The molecule has 2 unspecified atom stereocenters. The van der Waals surface area contributed by atoms with Gasteiger partial charge in [-0.05, 0) is 43.5 Å². The van der Waals surface area contributed by atoms with Crippen LogP contribution in [0.4, 0.5) is 5.69 Å². The predicted octanol–water partition coefficient (Wildman–Crippen LogP) is 1.57. The highest BCUT2D eigenvalue weighted by Crippen LogP contribution is 2.33. The van der Waals surface area contributed by atoms with Crippen LogP contribution in [0.3, 0.4) is 0 Å². The molecule has 2 aliphatic rings. The first-order valence-corrected chi connectivity index (χ1v) is 11.7. The number of anilines is 1. The summed E-state index contributed by atoms with van der Waals surface area (Å²) in [6, 6.07) is 4.16. The first-order chi connectivity index (χ1) is 12.8. The van der Waals surface area contributed by atoms with E-state index in [1.165, 1.54) is 29.1 Å². The molecule has 148 valence electrons. The fraction of sp³-hybridized carbons (Fsp3) is 0.556. The van der Waals surface area contributed by atoms with Crippen molar-refractivity contribution in [3.8, 4) is 0 Å². The number of fused-ring (bicyclic) bond motifs is 1. The van der Waals surface area contributed by atoms with E-state index in [2.05, 4.69) is 5.32 Å². The van der Waals surface area contributed by atoms with Gasteiger partial charge >= 0.3 is 0 Å². The molecule has 7 nitrogen and oxygen atoms in total. The van der Waals surface area contributed by atoms with Crippen molar-refractivity contribution in [3.05, 3.63) is 23.8 Å². The first-order valence-electron chi connectivity index (χ1n) is 9.06. The summed E-state index contributed by atoms with van der Waals surface area (Å²) in [4.78, 5) is 26.0. The highest BCUT2D eigenvalue weighted by atomic mass is 32.2. The molecule has 9 heteroatoms. The number of carbonyl (C=O) groups is 2. The van der Waals surface area contributed by atoms with Gasteiger partial charge in [-0.3, -0.25) is 9.59 Å². The monoisotopic (exact) mass is 411 g/mol. The van der Waals surface area contributed by atoms with Crippen LogP contribution in [0.15, 0.2) is 23.1 Å². The van der Waals surface area contributed by atoms with Gasteiger partial charge in [-0.25, -0.2) is 8.42 Å². The lowest BCUT2D eigenvalue weighted by Gasteiger charge is -2.24. The number of benzene rings is 1. The number of nitrogens with zero attached hydrogens (tertiary/aromatic N) is 2. The Balaban J connectivity index is 1.86. The third kappa shape index (κ3) is 3.86. The van der Waals surface area contributed by atoms with Gasteiger partial charge in [-0.2, -0.15) is 4.31 Å². The van der Waals surface area contributed by atoms with Gasteiger partial charge in [0.05, 0.1) is 10.8 Å². The molecule has 0 spiro atoms. The summed E-state index contributed by atoms with van der Waals surface area (Å²) < 4.78 is 27.6. The Hall–Kier alpha value is -1.58. The highest BCUT2D eigenvalue weighted by molar-refractivity contribution is 8.00. The molecule has 2 atom stereocenters. The van der Waals surface area contributed by atoms with Crippen molar-refractivity contribution < 1.29 is 18.0 Å². The molecule has 3 rings (SSSR count). The van der Waals surface area contributed by atoms with E-state index < -0.39 is 16.1 Å². The molecule has 1 aromatic carbocycles. The molecule has 1 N–H and O–H groups in total. The molecule has 0 radical (unpaired) electrons. The van der Waals surface area contributed by atoms with E-state index in [4.69, 9.17) is 0 Å². The number of rotatable bonds is 5. The van der Waals surface area contributed by atoms with Gasteiger partial charge in [0.25, 0.3) is 0 Å². The molecule has 1 saturated heterocycles. The molecule has 2 heterocycles. The molecular weight excluding hydrogens is 386 g/mol. The summed E-state index contributed by atoms with van der Waals surface area (Å²) in [6.07, 6.45) is 1.42. The largest absolute Gasteiger partial charge is 0.352 e. The number of sulfonamides is 1. The molecule has 0 aromatic heterocycles. The van der Waals surface area contributed by atoms with Gasteiger partial charge in [0.15, 0.2) is 0 Å². The van der Waals surface area contributed by atoms with Gasteiger partial charge in [-0.15, -0.1) is 11.8 Å². The number of hydrogen-bond donors (Lipinski definition) is 1. The lowest BCUT2D eigenvalue weighted by molar-refractivity contribution is -0.124. The van der Waals surface area contributed by atoms with Crippen LogP contribution in [0, 0.1) is 0 Å². The van der Waals surface area contributed by atoms with E-state index in [1.54, 1.807) is 17.0 Å². The maximum Gasteiger partial charge on any atom is 0.244 e. The first kappa shape index (κ1) is 20.2. The van der Waals surface area contributed by atoms with E-state index in [0.29, 0.717) is 18.7 Å². The van der Waals surface area contributed by atoms with Crippen molar-refractivity contribution >= 4 is 39.3 Å². The van der Waals surface area contributed by atoms with E-state index >= 15 is 0 Å². The van der Waals surface area contributed by atoms with Gasteiger partial charge in [0, 0.05) is 31.0 Å². The van der Waals surface area contributed by atoms with Crippen molar-refractivity contribution in [1.29, 1.82) is 0 Å². The summed E-state index contributed by atoms with van der Waals surface area (Å²) in [5, 5.41) is 2.88. The standard InChI is InChI=1S/C18H25N3O4S2/c1-4-12(2)19-18(23)17-10-26-11-21(17)27(24,25)15-5-6-16-14(9-15)7-8-20(16)13(3)22/h5-6,9,12,17H,4,7-8,10-11H2,1-3H3,(H,19,23). The molecule has 0 aliphatic carbocycles. The van der Waals surface area contributed by atoms with E-state index in [-0.39, 0.29) is 28.6 Å². The predicted molar refractivity (Wildman–Crippen MR) is 106 cm³/mol. The van der Waals surface area contributed by atoms with Crippen LogP contribution >= 0.6 is 11.8 Å². The van der Waals surface area contributed by atoms with Crippen molar-refractivity contribution in [3.63, 3.8) is 0 Å². The van der Waals surface area contributed by atoms with Gasteiger partial charge in [-0.1, -0.05) is 6.92 Å². The maximum atomic E-state index is 13.2. The molecular formula is C18H25N3O4S2. The van der Waals surface area contributed by atoms with Crippen molar-refractivity contribution in [2.75, 3.05) is 23.1 Å². The Morgan fingerprint density at radius 1 is 1.37 bits per heavy atom. The Labute approximate surface area is 164 Å². The average molecular weight is 412 g/mol. The Morgan fingerprint density at radius 3 is 2.78 bits per heavy atom. The number of hydrogen-bond acceptors (Lipinski definition) is 5. The fourth-order valence-electron chi connectivity index (χ4n) is 3.31. The van der Waals surface area contributed by atoms with Gasteiger partial charge in [0.2, 0.25) is 21.8 Å². The lowest BCUT2D eigenvalue weighted by atomic mass is 10.2. The van der Waals surface area contributed by atoms with Gasteiger partial charge < -0.3 is 10.2 Å². The van der Waals surface area contributed by atoms with Crippen LogP contribution in [0.25, 0.3) is 0 Å². The number of carbonyl (C=O) groups excluding carboxylic acids is 2. The molecule has 27 heavy (non-hydrogen) atoms. The minimum absolute atomic E-state index is 0.00483. The zero-order valence-corrected chi connectivity index (χ0v) is 17.4. The SMILES string of the molecule is CCC(C)NC(=O)C1CSCN1S(=O)(=O)c1ccc2c(c1)CCN2C(C)=O. The van der Waals surface area contributed by atoms with Crippen molar-refractivity contribution in [1.82, 2.24) is 9.62 Å². The van der Waals surface area contributed by atoms with E-state index in [1.807, 2.05) is 13.8 Å². The topological polar surface area (TPSA) is 86.8 Å². The smallest absolute Gasteiger partial charge is 0.244 e. The molecule has 2 aliphatic heterocycles. The third-order valence-electron chi connectivity index (χ3n) is 5.08. The van der Waals surface area contributed by atoms with Crippen LogP contribution in [0.5, 0.6) is 0 Å². The molecule has 0 bridgehead atoms. The van der Waals surface area contributed by atoms with Crippen LogP contribution < -0.4 is 10.2 Å². The van der Waals surface area contributed by atoms with Crippen molar-refractivity contribution in [2.24, 2.45) is 0 Å². The number of amides is 2. The van der Waals surface area contributed by atoms with Crippen molar-refractivity contribution in [2.45, 2.75) is 50.6 Å². The Morgan fingerprint density at radius 2 is 2.11 bits per heavy atom. The minimum Gasteiger partial charge on any atom is -0.352 e. The third-order valence-corrected chi connectivity index (χ3v) is 8.11. The van der Waals surface area contributed by atoms with Gasteiger partial charge in [0.1, 0.15) is 6.04 Å². The number of thioether (sulfide) groups is 1. The summed E-state index contributed by atoms with van der Waals surface area (Å²) in [6.45, 7) is 5.94. The summed E-state index contributed by atoms with van der Waals surface area (Å²) >= 11 is 1.44. The van der Waals surface area contributed by atoms with Crippen LogP contribution in [0.1, 0.15) is 32.8 Å². The van der Waals surface area contributed by atoms with E-state index in [9.17, 15) is 18.0 Å². The second-order valence-electron chi connectivity index (χ2n) is 6.94. The zero-order valence-electron chi connectivity index (χ0n) is 15.8. The average Bonchev–Trinajstić information content (AvgIpc) is 3.28. The summed E-state index contributed by atoms with van der Waals surface area (Å²) in [7, 11) is -3.79. The Bertz CT molecular complexity index is 856. The summed E-state index contributed by atoms with van der Waals surface area (Å²) in [5.74, 6) is 0.409. The number of nitrogens with one attached hydrogen (secondary N) is 1. The normalized spacial score (nSPS) is 21.1. The van der Waals surface area contributed by atoms with Crippen LogP contribution in [-0.4, -0.2) is 54.8 Å². The lowest BCUT2D eigenvalue weighted by Crippen LogP contribution is -2.49. The zero-order chi connectivity index (χ0) is 19.8. The molecule has 2 amide bonds. The quantitative estimate of drug-likeness (QED) is 0.795. The summed E-state index contributed by atoms with van der Waals surface area (Å²) in [5.41, 5.74) is 1.61. The molecule has 0 saturated carbocycles. The van der Waals surface area contributed by atoms with E-state index in [0.717, 1.165) is 17.7 Å². The fourth-order valence-corrected chi connectivity index (χ4v) is 6.51.